The largest absolute Gasteiger partial charge is 0.346 e. The molecule has 0 radical (unpaired) electrons. The summed E-state index contributed by atoms with van der Waals surface area (Å²) in [6, 6.07) is 13.3. The summed E-state index contributed by atoms with van der Waals surface area (Å²) in [5.74, 6) is -1.39. The van der Waals surface area contributed by atoms with E-state index in [9.17, 15) is 9.59 Å². The van der Waals surface area contributed by atoms with Crippen molar-refractivity contribution in [3.05, 3.63) is 64.0 Å². The molecule has 5 nitrogen and oxygen atoms in total. The molecular formula is C21H22ClN3O2S. The number of amides is 2. The normalized spacial score (nSPS) is 12.2. The molecule has 0 saturated heterocycles. The molecule has 1 aromatic heterocycles. The van der Waals surface area contributed by atoms with E-state index in [1.54, 1.807) is 29.5 Å². The lowest BCUT2D eigenvalue weighted by atomic mass is 10.0. The number of halogens is 1. The van der Waals surface area contributed by atoms with Crippen molar-refractivity contribution < 1.29 is 9.59 Å². The Morgan fingerprint density at radius 3 is 2.61 bits per heavy atom. The summed E-state index contributed by atoms with van der Waals surface area (Å²) in [5, 5.41) is 9.13. The van der Waals surface area contributed by atoms with Crippen LogP contribution < -0.4 is 10.6 Å². The van der Waals surface area contributed by atoms with Crippen molar-refractivity contribution in [1.29, 1.82) is 0 Å². The average Bonchev–Trinajstić information content (AvgIpc) is 3.08. The molecule has 0 bridgehead atoms. The summed E-state index contributed by atoms with van der Waals surface area (Å²) in [6.45, 7) is 2.20. The van der Waals surface area contributed by atoms with Gasteiger partial charge in [-0.2, -0.15) is 0 Å². The van der Waals surface area contributed by atoms with Crippen molar-refractivity contribution in [1.82, 2.24) is 10.2 Å². The Bertz CT molecular complexity index is 1020. The third kappa shape index (κ3) is 4.52. The molecule has 2 N–H and O–H groups in total. The fourth-order valence-corrected chi connectivity index (χ4v) is 4.14. The third-order valence-electron chi connectivity index (χ3n) is 4.59. The number of benzene rings is 2. The maximum Gasteiger partial charge on any atom is 0.313 e. The Morgan fingerprint density at radius 2 is 1.89 bits per heavy atom. The molecule has 1 atom stereocenters. The predicted octanol–water partition coefficient (Wildman–Crippen LogP) is 4.22. The fraction of sp³-hybridized carbons (Fsp3) is 0.238. The molecule has 0 aliphatic carbocycles. The van der Waals surface area contributed by atoms with Crippen LogP contribution in [0.15, 0.2) is 47.8 Å². The zero-order valence-electron chi connectivity index (χ0n) is 16.0. The van der Waals surface area contributed by atoms with Crippen molar-refractivity contribution in [2.45, 2.75) is 13.0 Å². The minimum absolute atomic E-state index is 0.0401. The summed E-state index contributed by atoms with van der Waals surface area (Å²) in [6.07, 6.45) is 0. The van der Waals surface area contributed by atoms with Crippen LogP contribution in [0, 0.1) is 6.92 Å². The number of anilines is 1. The number of likely N-dealkylation sites (N-methyl/N-ethyl adjacent to an activating group) is 1. The van der Waals surface area contributed by atoms with Crippen LogP contribution in [0.3, 0.4) is 0 Å². The van der Waals surface area contributed by atoms with E-state index in [-0.39, 0.29) is 6.04 Å². The van der Waals surface area contributed by atoms with Crippen molar-refractivity contribution in [2.24, 2.45) is 0 Å². The van der Waals surface area contributed by atoms with Crippen LogP contribution in [0.5, 0.6) is 0 Å². The van der Waals surface area contributed by atoms with Gasteiger partial charge in [0, 0.05) is 22.0 Å². The zero-order chi connectivity index (χ0) is 20.3. The maximum atomic E-state index is 12.3. The van der Waals surface area contributed by atoms with Gasteiger partial charge in [-0.1, -0.05) is 35.9 Å². The van der Waals surface area contributed by atoms with E-state index in [2.05, 4.69) is 28.1 Å². The van der Waals surface area contributed by atoms with Gasteiger partial charge in [-0.15, -0.1) is 11.3 Å². The average molecular weight is 416 g/mol. The van der Waals surface area contributed by atoms with Gasteiger partial charge in [-0.25, -0.2) is 0 Å². The van der Waals surface area contributed by atoms with E-state index >= 15 is 0 Å². The second-order valence-electron chi connectivity index (χ2n) is 6.79. The summed E-state index contributed by atoms with van der Waals surface area (Å²) in [5.41, 5.74) is 2.53. The van der Waals surface area contributed by atoms with Crippen molar-refractivity contribution in [3.63, 3.8) is 0 Å². The third-order valence-corrected chi connectivity index (χ3v) is 5.97. The van der Waals surface area contributed by atoms with Gasteiger partial charge < -0.3 is 15.5 Å². The highest BCUT2D eigenvalue weighted by molar-refractivity contribution is 7.17. The van der Waals surface area contributed by atoms with Crippen LogP contribution in [0.2, 0.25) is 5.02 Å². The monoisotopic (exact) mass is 415 g/mol. The Labute approximate surface area is 173 Å². The van der Waals surface area contributed by atoms with Crippen LogP contribution in [0.25, 0.3) is 10.1 Å². The zero-order valence-corrected chi connectivity index (χ0v) is 17.5. The maximum absolute atomic E-state index is 12.3. The molecule has 1 heterocycles. The molecule has 3 aromatic rings. The second-order valence-corrected chi connectivity index (χ2v) is 8.11. The van der Waals surface area contributed by atoms with E-state index in [1.807, 2.05) is 38.1 Å². The first-order valence-corrected chi connectivity index (χ1v) is 10.1. The molecule has 2 aromatic carbocycles. The lowest BCUT2D eigenvalue weighted by molar-refractivity contribution is -0.136. The molecule has 0 aliphatic heterocycles. The van der Waals surface area contributed by atoms with Gasteiger partial charge in [0.1, 0.15) is 0 Å². The molecule has 3 rings (SSSR count). The Morgan fingerprint density at radius 1 is 1.14 bits per heavy atom. The number of nitrogens with zero attached hydrogens (tertiary/aromatic N) is 1. The van der Waals surface area contributed by atoms with E-state index in [0.717, 1.165) is 11.1 Å². The number of hydrogen-bond donors (Lipinski definition) is 2. The summed E-state index contributed by atoms with van der Waals surface area (Å²) >= 11 is 7.74. The lowest BCUT2D eigenvalue weighted by Crippen LogP contribution is -2.40. The molecule has 2 amide bonds. The minimum atomic E-state index is -0.715. The molecule has 7 heteroatoms. The van der Waals surface area contributed by atoms with Gasteiger partial charge in [0.05, 0.1) is 6.04 Å². The van der Waals surface area contributed by atoms with Gasteiger partial charge in [0.15, 0.2) is 0 Å². The van der Waals surface area contributed by atoms with Gasteiger partial charge in [0.25, 0.3) is 0 Å². The highest BCUT2D eigenvalue weighted by Gasteiger charge is 2.21. The van der Waals surface area contributed by atoms with Gasteiger partial charge >= 0.3 is 11.8 Å². The van der Waals surface area contributed by atoms with Gasteiger partial charge in [-0.3, -0.25) is 9.59 Å². The molecule has 0 aliphatic rings. The second kappa shape index (κ2) is 8.73. The molecule has 0 unspecified atom stereocenters. The molecule has 0 fully saturated rings. The van der Waals surface area contributed by atoms with E-state index in [0.29, 0.717) is 17.3 Å². The number of rotatable bonds is 5. The number of nitrogens with one attached hydrogen (secondary N) is 2. The highest BCUT2D eigenvalue weighted by atomic mass is 35.5. The van der Waals surface area contributed by atoms with Crippen LogP contribution in [-0.2, 0) is 9.59 Å². The van der Waals surface area contributed by atoms with Gasteiger partial charge in [-0.05, 0) is 61.1 Å². The van der Waals surface area contributed by atoms with Crippen LogP contribution in [-0.4, -0.2) is 37.4 Å². The molecule has 0 spiro atoms. The van der Waals surface area contributed by atoms with E-state index < -0.39 is 11.8 Å². The first-order chi connectivity index (χ1) is 13.4. The number of hydrogen-bond acceptors (Lipinski definition) is 4. The number of fused-ring (bicyclic) bond motifs is 1. The molecule has 28 heavy (non-hydrogen) atoms. The number of carbonyl (C=O) groups excluding carboxylic acids is 2. The topological polar surface area (TPSA) is 61.4 Å². The SMILES string of the molecule is Cc1ccc(NC(=O)C(=O)NC[C@@H](c2csc3ccccc23)N(C)C)cc1Cl. The Kier molecular flexibility index (Phi) is 6.34. The first-order valence-electron chi connectivity index (χ1n) is 8.84. The van der Waals surface area contributed by atoms with Gasteiger partial charge in [0.2, 0.25) is 0 Å². The summed E-state index contributed by atoms with van der Waals surface area (Å²) in [4.78, 5) is 26.5. The van der Waals surface area contributed by atoms with E-state index in [1.165, 1.54) is 10.1 Å². The lowest BCUT2D eigenvalue weighted by Gasteiger charge is -2.24. The van der Waals surface area contributed by atoms with Crippen LogP contribution in [0.1, 0.15) is 17.2 Å². The minimum Gasteiger partial charge on any atom is -0.346 e. The fourth-order valence-electron chi connectivity index (χ4n) is 2.96. The molecule has 146 valence electrons. The van der Waals surface area contributed by atoms with Crippen LogP contribution >= 0.6 is 22.9 Å². The van der Waals surface area contributed by atoms with Crippen LogP contribution in [0.4, 0.5) is 5.69 Å². The quantitative estimate of drug-likeness (QED) is 0.613. The van der Waals surface area contributed by atoms with Crippen molar-refractivity contribution >= 4 is 50.5 Å². The highest BCUT2D eigenvalue weighted by Crippen LogP contribution is 2.32. The molecule has 0 saturated carbocycles. The predicted molar refractivity (Wildman–Crippen MR) is 116 cm³/mol. The Hall–Kier alpha value is -2.41. The summed E-state index contributed by atoms with van der Waals surface area (Å²) in [7, 11) is 3.91. The van der Waals surface area contributed by atoms with E-state index in [4.69, 9.17) is 11.6 Å². The summed E-state index contributed by atoms with van der Waals surface area (Å²) < 4.78 is 1.20. The van der Waals surface area contributed by atoms with Crippen molar-refractivity contribution in [2.75, 3.05) is 26.0 Å². The number of carbonyl (C=O) groups is 2. The molecular weight excluding hydrogens is 394 g/mol. The van der Waals surface area contributed by atoms with Crippen molar-refractivity contribution in [3.8, 4) is 0 Å². The Balaban J connectivity index is 1.67. The first kappa shape index (κ1) is 20.3. The number of aryl methyl sites for hydroxylation is 1. The number of thiophene rings is 1. The smallest absolute Gasteiger partial charge is 0.313 e. The standard InChI is InChI=1S/C21H22ClN3O2S/c1-13-8-9-14(10-17(13)22)24-21(27)20(26)23-11-18(25(2)3)16-12-28-19-7-5-4-6-15(16)19/h4-10,12,18H,11H2,1-3H3,(H,23,26)(H,24,27)/t18-/m0/s1.